The highest BCUT2D eigenvalue weighted by Gasteiger charge is 2.17. The Labute approximate surface area is 149 Å². The number of nitrogens with one attached hydrogen (secondary N) is 2. The Morgan fingerprint density at radius 3 is 3.00 bits per heavy atom. The van der Waals surface area contributed by atoms with Crippen molar-refractivity contribution in [2.75, 3.05) is 13.2 Å². The lowest BCUT2D eigenvalue weighted by molar-refractivity contribution is 0.106. The molecule has 2 N–H and O–H groups in total. The van der Waals surface area contributed by atoms with Crippen molar-refractivity contribution < 1.29 is 18.7 Å². The zero-order valence-electron chi connectivity index (χ0n) is 14.2. The van der Waals surface area contributed by atoms with Crippen molar-refractivity contribution in [1.82, 2.24) is 15.5 Å². The maximum absolute atomic E-state index is 14.2. The van der Waals surface area contributed by atoms with Gasteiger partial charge in [-0.1, -0.05) is 0 Å². The maximum atomic E-state index is 14.2. The van der Waals surface area contributed by atoms with E-state index >= 15 is 0 Å². The third-order valence-electron chi connectivity index (χ3n) is 4.34. The summed E-state index contributed by atoms with van der Waals surface area (Å²) in [6.07, 6.45) is -0.491. The molecule has 6 nitrogen and oxygen atoms in total. The van der Waals surface area contributed by atoms with E-state index < -0.39 is 18.0 Å². The molecule has 0 radical (unpaired) electrons. The van der Waals surface area contributed by atoms with Crippen molar-refractivity contribution >= 4 is 17.0 Å². The van der Waals surface area contributed by atoms with Gasteiger partial charge in [0.05, 0.1) is 12.1 Å². The van der Waals surface area contributed by atoms with E-state index in [2.05, 4.69) is 15.5 Å². The van der Waals surface area contributed by atoms with Crippen LogP contribution < -0.4 is 10.1 Å². The van der Waals surface area contributed by atoms with Crippen molar-refractivity contribution in [3.63, 3.8) is 0 Å². The van der Waals surface area contributed by atoms with Crippen LogP contribution in [0.4, 0.5) is 9.18 Å². The Bertz CT molecular complexity index is 970. The number of hydrogen-bond donors (Lipinski definition) is 2. The quantitative estimate of drug-likeness (QED) is 0.640. The average Bonchev–Trinajstić information content (AvgIpc) is 3.03. The van der Waals surface area contributed by atoms with Gasteiger partial charge in [0.25, 0.3) is 0 Å². The highest BCUT2D eigenvalue weighted by atomic mass is 19.1. The lowest BCUT2D eigenvalue weighted by Crippen LogP contribution is -2.27. The van der Waals surface area contributed by atoms with Crippen LogP contribution in [0.2, 0.25) is 0 Å². The zero-order valence-corrected chi connectivity index (χ0v) is 14.2. The van der Waals surface area contributed by atoms with Gasteiger partial charge >= 0.3 is 6.09 Å². The van der Waals surface area contributed by atoms with Crippen LogP contribution in [0.5, 0.6) is 5.75 Å². The molecule has 0 spiro atoms. The summed E-state index contributed by atoms with van der Waals surface area (Å²) < 4.78 is 25.3. The Morgan fingerprint density at radius 2 is 2.12 bits per heavy atom. The smallest absolute Gasteiger partial charge is 0.407 e. The van der Waals surface area contributed by atoms with Crippen LogP contribution in [-0.4, -0.2) is 29.4 Å². The molecule has 2 aromatic carbocycles. The zero-order chi connectivity index (χ0) is 18.1. The largest absolute Gasteiger partial charge is 0.494 e. The van der Waals surface area contributed by atoms with Gasteiger partial charge in [0.2, 0.25) is 0 Å². The fourth-order valence-electron chi connectivity index (χ4n) is 3.01. The SMILES string of the molecule is C[C@@H]1OC(=O)NCCCOc2ccc3[nH]nc(c3c2)-c2cc(F)cc1c2. The van der Waals surface area contributed by atoms with Gasteiger partial charge in [0.1, 0.15) is 23.4 Å². The fraction of sp³-hybridized carbons (Fsp3) is 0.263. The van der Waals surface area contributed by atoms with Crippen LogP contribution >= 0.6 is 0 Å². The summed E-state index contributed by atoms with van der Waals surface area (Å²) in [5.74, 6) is 0.281. The lowest BCUT2D eigenvalue weighted by Gasteiger charge is -2.15. The van der Waals surface area contributed by atoms with Gasteiger partial charge in [-0.25, -0.2) is 9.18 Å². The molecule has 0 fully saturated rings. The van der Waals surface area contributed by atoms with E-state index in [-0.39, 0.29) is 0 Å². The number of alkyl carbamates (subject to hydrolysis) is 1. The number of amides is 1. The van der Waals surface area contributed by atoms with E-state index in [9.17, 15) is 9.18 Å². The number of nitrogens with zero attached hydrogens (tertiary/aromatic N) is 1. The van der Waals surface area contributed by atoms with Crippen molar-refractivity contribution in [1.29, 1.82) is 0 Å². The standard InChI is InChI=1S/C19H18FN3O3/c1-11-12-7-13(9-14(20)8-12)18-16-10-15(3-4-17(16)22-23-18)25-6-2-5-21-19(24)26-11/h3-4,7-11H,2,5-6H2,1H3,(H,21,24)(H,22,23)/t11-/m0/s1. The maximum Gasteiger partial charge on any atom is 0.407 e. The Balaban J connectivity index is 1.84. The molecule has 1 aromatic heterocycles. The molecule has 26 heavy (non-hydrogen) atoms. The molecule has 1 aliphatic heterocycles. The highest BCUT2D eigenvalue weighted by molar-refractivity contribution is 5.93. The number of rotatable bonds is 0. The molecule has 0 aliphatic carbocycles. The van der Waals surface area contributed by atoms with Crippen LogP contribution in [0.3, 0.4) is 0 Å². The molecule has 2 heterocycles. The van der Waals surface area contributed by atoms with Crippen LogP contribution in [-0.2, 0) is 4.74 Å². The second-order valence-corrected chi connectivity index (χ2v) is 6.23. The molecular formula is C19H18FN3O3. The predicted octanol–water partition coefficient (Wildman–Crippen LogP) is 3.94. The molecule has 1 atom stereocenters. The normalized spacial score (nSPS) is 17.8. The first-order chi connectivity index (χ1) is 12.6. The summed E-state index contributed by atoms with van der Waals surface area (Å²) in [4.78, 5) is 11.9. The third kappa shape index (κ3) is 3.20. The Morgan fingerprint density at radius 1 is 1.23 bits per heavy atom. The van der Waals surface area contributed by atoms with Gasteiger partial charge in [-0.2, -0.15) is 5.10 Å². The molecule has 134 valence electrons. The van der Waals surface area contributed by atoms with Crippen LogP contribution in [0.25, 0.3) is 22.2 Å². The van der Waals surface area contributed by atoms with Crippen LogP contribution in [0.15, 0.2) is 36.4 Å². The second-order valence-electron chi connectivity index (χ2n) is 6.23. The minimum absolute atomic E-state index is 0.416. The number of benzene rings is 2. The number of carbonyl (C=O) groups excluding carboxylic acids is 1. The molecule has 4 rings (SSSR count). The average molecular weight is 355 g/mol. The van der Waals surface area contributed by atoms with Gasteiger partial charge < -0.3 is 14.8 Å². The first-order valence-corrected chi connectivity index (χ1v) is 8.46. The summed E-state index contributed by atoms with van der Waals surface area (Å²) in [5, 5.41) is 10.8. The number of hydrogen-bond acceptors (Lipinski definition) is 4. The van der Waals surface area contributed by atoms with Gasteiger partial charge in [-0.05, 0) is 55.3 Å². The molecule has 0 saturated heterocycles. The van der Waals surface area contributed by atoms with E-state index in [0.29, 0.717) is 42.1 Å². The molecule has 0 unspecified atom stereocenters. The number of H-pyrrole nitrogens is 1. The van der Waals surface area contributed by atoms with E-state index in [1.54, 1.807) is 13.0 Å². The van der Waals surface area contributed by atoms with Crippen LogP contribution in [0.1, 0.15) is 25.0 Å². The lowest BCUT2D eigenvalue weighted by atomic mass is 10.0. The Kier molecular flexibility index (Phi) is 4.20. The first-order valence-electron chi connectivity index (χ1n) is 8.46. The van der Waals surface area contributed by atoms with Gasteiger partial charge in [-0.15, -0.1) is 0 Å². The number of carbonyl (C=O) groups is 1. The summed E-state index contributed by atoms with van der Waals surface area (Å²) in [5.41, 5.74) is 2.63. The number of ether oxygens (including phenoxy) is 2. The topological polar surface area (TPSA) is 76.2 Å². The van der Waals surface area contributed by atoms with E-state index in [1.165, 1.54) is 12.1 Å². The molecule has 7 heteroatoms. The first kappa shape index (κ1) is 16.4. The third-order valence-corrected chi connectivity index (χ3v) is 4.34. The molecule has 3 aromatic rings. The predicted molar refractivity (Wildman–Crippen MR) is 94.5 cm³/mol. The van der Waals surface area contributed by atoms with Gasteiger partial charge in [0, 0.05) is 17.5 Å². The van der Waals surface area contributed by atoms with E-state index in [0.717, 1.165) is 10.9 Å². The molecular weight excluding hydrogens is 337 g/mol. The number of aromatic nitrogens is 2. The molecule has 1 amide bonds. The second kappa shape index (κ2) is 6.67. The van der Waals surface area contributed by atoms with Crippen molar-refractivity contribution in [2.24, 2.45) is 0 Å². The van der Waals surface area contributed by atoms with Crippen LogP contribution in [0, 0.1) is 5.82 Å². The molecule has 1 aliphatic rings. The van der Waals surface area contributed by atoms with Gasteiger partial charge in [0.15, 0.2) is 0 Å². The molecule has 0 saturated carbocycles. The summed E-state index contributed by atoms with van der Waals surface area (Å²) in [6, 6.07) is 10.2. The van der Waals surface area contributed by atoms with Crippen molar-refractivity contribution in [3.05, 3.63) is 47.8 Å². The highest BCUT2D eigenvalue weighted by Crippen LogP contribution is 2.32. The van der Waals surface area contributed by atoms with E-state index in [1.807, 2.05) is 18.2 Å². The Hall–Kier alpha value is -3.09. The number of fused-ring (bicyclic) bond motifs is 4. The number of halogens is 1. The minimum atomic E-state index is -0.591. The van der Waals surface area contributed by atoms with Crippen molar-refractivity contribution in [2.45, 2.75) is 19.4 Å². The summed E-state index contributed by atoms with van der Waals surface area (Å²) >= 11 is 0. The van der Waals surface area contributed by atoms with Gasteiger partial charge in [-0.3, -0.25) is 5.10 Å². The van der Waals surface area contributed by atoms with Crippen molar-refractivity contribution in [3.8, 4) is 17.0 Å². The number of cyclic esters (lactones) is 1. The summed E-state index contributed by atoms with van der Waals surface area (Å²) in [7, 11) is 0. The van der Waals surface area contributed by atoms with E-state index in [4.69, 9.17) is 9.47 Å². The fourth-order valence-corrected chi connectivity index (χ4v) is 3.01. The minimum Gasteiger partial charge on any atom is -0.494 e. The number of aromatic amines is 1. The summed E-state index contributed by atoms with van der Waals surface area (Å²) in [6.45, 7) is 2.59. The monoisotopic (exact) mass is 355 g/mol. The molecule has 4 bridgehead atoms.